The Morgan fingerprint density at radius 3 is 0.925 bits per heavy atom. The maximum atomic E-state index is 14.8. The van der Waals surface area contributed by atoms with Crippen molar-refractivity contribution in [3.63, 3.8) is 0 Å². The number of carbonyl (C=O) groups is 10. The Morgan fingerprint density at radius 2 is 0.634 bits per heavy atom. The van der Waals surface area contributed by atoms with Crippen LogP contribution in [-0.4, -0.2) is 200 Å². The number of fused-ring (bicyclic) bond motifs is 7. The maximum Gasteiger partial charge on any atom is 1.00 e. The molecule has 3 heterocycles. The number of nitrogens with zero attached hydrogens (tertiary/aromatic N) is 5. The Bertz CT molecular complexity index is 6430. The molecule has 0 spiro atoms. The third-order valence-corrected chi connectivity index (χ3v) is 27.3. The average Bonchev–Trinajstić information content (AvgIpc) is 0.757. The van der Waals surface area contributed by atoms with Gasteiger partial charge in [-0.25, -0.2) is 19.4 Å². The van der Waals surface area contributed by atoms with Crippen molar-refractivity contribution in [3.8, 4) is 0 Å². The fourth-order valence-corrected chi connectivity index (χ4v) is 20.0. The molecule has 5 N–H and O–H groups in total. The summed E-state index contributed by atoms with van der Waals surface area (Å²) in [5, 5.41) is 16.0. The minimum Gasteiger partial charge on any atom is -0.793 e. The third kappa shape index (κ3) is 25.1. The van der Waals surface area contributed by atoms with Gasteiger partial charge in [0.25, 0.3) is 29.5 Å². The molecule has 3 fully saturated rings. The van der Waals surface area contributed by atoms with Crippen LogP contribution in [0.1, 0.15) is 154 Å². The molecule has 5 amide bonds. The van der Waals surface area contributed by atoms with E-state index in [2.05, 4.69) is 45.7 Å². The van der Waals surface area contributed by atoms with E-state index in [0.717, 1.165) is 105 Å². The van der Waals surface area contributed by atoms with Crippen LogP contribution in [-0.2, 0) is 37.9 Å². The molecule has 24 nitrogen and oxygen atoms in total. The summed E-state index contributed by atoms with van der Waals surface area (Å²) in [4.78, 5) is 164. The van der Waals surface area contributed by atoms with Gasteiger partial charge in [-0.05, 0) is 213 Å². The number of amides is 5. The monoisotopic (exact) mass is 1850 g/mol. The number of Topliss-reactive ketones (excluding diaryl/α,β-unsaturated/α-hetero) is 2. The number of carbonyl (C=O) groups excluding carboxylic acids is 10. The van der Waals surface area contributed by atoms with Crippen molar-refractivity contribution in [2.75, 3.05) is 80.8 Å². The van der Waals surface area contributed by atoms with E-state index in [4.69, 9.17) is 0 Å². The predicted molar refractivity (Wildman–Crippen MR) is 524 cm³/mol. The van der Waals surface area contributed by atoms with Crippen LogP contribution in [0.2, 0.25) is 0 Å². The Hall–Kier alpha value is -12.6. The molecule has 3 radical (unpaired) electrons. The van der Waals surface area contributed by atoms with E-state index in [1.165, 1.54) is 19.4 Å². The van der Waals surface area contributed by atoms with Crippen molar-refractivity contribution < 1.29 is 111 Å². The number of benzene rings is 14. The minimum absolute atomic E-state index is 0. The minimum atomic E-state index is -5.05. The van der Waals surface area contributed by atoms with Gasteiger partial charge in [0.1, 0.15) is 11.3 Å². The van der Waals surface area contributed by atoms with Gasteiger partial charge in [0.05, 0.1) is 18.3 Å². The van der Waals surface area contributed by atoms with Crippen LogP contribution in [0.3, 0.4) is 0 Å². The Balaban J connectivity index is 0.000000190. The fourth-order valence-electron chi connectivity index (χ4n) is 17.4. The quantitative estimate of drug-likeness (QED) is 0.0229. The van der Waals surface area contributed by atoms with Gasteiger partial charge >= 0.3 is 49.1 Å². The molecule has 0 aromatic heterocycles. The number of nitrogens with one attached hydrogen (secondary N) is 1. The summed E-state index contributed by atoms with van der Waals surface area (Å²) in [6.45, 7) is 10.5. The summed E-state index contributed by atoms with van der Waals surface area (Å²) >= 11 is 0. The standard InChI is InChI=1S/C42H39N2O4P.C40H35N2O6P.C17H20N2O.C4H6O4.C2H3BO2.CH5N.Na/c1-43(34-21-23-44(24-22-34)41(46)33-20-19-28-11-4-5-13-30(28)25-33)42(47)38-27-32-15-7-6-14-31(32)26-37(38)39(45)40(49(2,3)48)36-18-10-16-29-12-8-9-17-35(29)36;1-41(32-19-21-42(22-20-32)39(44)31-18-17-26-9-2-3-11-28(26)23-31)40(45)36-25-30-13-5-4-12-29(30)24-35(36)37(43)38(49(46,47)48)34-16-8-14-27-10-6-7-15-33(27)34;1-18-16-8-10-19(11-9-16)17(20)15-7-6-13-4-2-3-5-14(13)12-15;1-3(5)7-8-4(2)6;1-2(4)5-3;1-2;/h4-20,25-27,34,40H,21-24H2,1-3H3;2-18,23-25,32,38H,19-22H2,1H3,(H2,46,47,48);2-7,12,16,18H,8-11H2,1H3;1-2H3;1H3;2H2,1H3;/q;;;;-1;;+1. The number of ketones is 2. The third-order valence-electron chi connectivity index (χ3n) is 24.3. The molecule has 0 saturated carbocycles. The number of piperidine rings is 3. The zero-order valence-electron chi connectivity index (χ0n) is 76.8. The zero-order chi connectivity index (χ0) is 95.4. The molecule has 2 unspecified atom stereocenters. The SMILES string of the molecule is CC(=O)OOC(C)=O.CN.CN(C(=O)c1cc2ccccc2cc1C(=O)C(c1cccc2ccccc12)P(=O)(O)O)C1CCN(C(=O)c2ccc3ccccc3c2)CC1.CN(C(=O)c1cc2ccccc2cc1C(=O)C(c1cccc2ccccc12)P(C)(C)=O)C1CCN(C(=O)c2ccc3ccccc3c2)CC1.CNC1CCN(C(=O)c2ccc3ccccc3c2)CC1.[B-]OC(C)=O.[Na+]. The second-order valence-corrected chi connectivity index (χ2v) is 38.4. The van der Waals surface area contributed by atoms with Crippen molar-refractivity contribution in [1.82, 2.24) is 29.8 Å². The molecule has 28 heteroatoms. The maximum absolute atomic E-state index is 14.8. The molecular formula is C106H108BN7NaO17P2. The average molecular weight is 1850 g/mol. The van der Waals surface area contributed by atoms with E-state index >= 15 is 0 Å². The molecule has 3 aliphatic heterocycles. The molecule has 14 aromatic rings. The van der Waals surface area contributed by atoms with Gasteiger partial charge in [-0.15, -0.1) is 0 Å². The van der Waals surface area contributed by atoms with Crippen LogP contribution in [0.5, 0.6) is 0 Å². The number of hydrogen-bond donors (Lipinski definition) is 4. The number of nitrogens with two attached hydrogens (primary N) is 1. The van der Waals surface area contributed by atoms with Crippen molar-refractivity contribution in [2.45, 2.75) is 88.7 Å². The van der Waals surface area contributed by atoms with Gasteiger partial charge in [0.15, 0.2) is 11.6 Å². The van der Waals surface area contributed by atoms with Gasteiger partial charge in [0, 0.05) is 120 Å². The summed E-state index contributed by atoms with van der Waals surface area (Å²) < 4.78 is 30.7. The van der Waals surface area contributed by atoms with Gasteiger partial charge in [-0.2, -0.15) is 0 Å². The smallest absolute Gasteiger partial charge is 0.793 e. The molecule has 0 aliphatic carbocycles. The van der Waals surface area contributed by atoms with Crippen LogP contribution in [0.25, 0.3) is 75.4 Å². The summed E-state index contributed by atoms with van der Waals surface area (Å²) in [6, 6.07) is 89.2. The van der Waals surface area contributed by atoms with Crippen molar-refractivity contribution >= 4 is 157 Å². The van der Waals surface area contributed by atoms with Crippen LogP contribution >= 0.6 is 14.7 Å². The molecule has 2 atom stereocenters. The first-order valence-electron chi connectivity index (χ1n) is 43.9. The molecule has 683 valence electrons. The second kappa shape index (κ2) is 46.8. The molecule has 0 bridgehead atoms. The van der Waals surface area contributed by atoms with Crippen LogP contribution in [0, 0.1) is 0 Å². The first kappa shape index (κ1) is 102. The van der Waals surface area contributed by atoms with E-state index in [0.29, 0.717) is 90.9 Å². The van der Waals surface area contributed by atoms with Crippen molar-refractivity contribution in [1.29, 1.82) is 0 Å². The second-order valence-electron chi connectivity index (χ2n) is 33.4. The van der Waals surface area contributed by atoms with E-state index in [9.17, 15) is 66.9 Å². The van der Waals surface area contributed by atoms with Gasteiger partial charge < -0.3 is 62.6 Å². The Labute approximate surface area is 802 Å². The van der Waals surface area contributed by atoms with E-state index < -0.39 is 55.7 Å². The predicted octanol–water partition coefficient (Wildman–Crippen LogP) is 15.6. The van der Waals surface area contributed by atoms with E-state index in [-0.39, 0.29) is 93.3 Å². The first-order chi connectivity index (χ1) is 63.9. The number of hydrogen-bond acceptors (Lipinski definition) is 17. The van der Waals surface area contributed by atoms with Crippen LogP contribution < -0.4 is 40.6 Å². The van der Waals surface area contributed by atoms with Crippen molar-refractivity contribution in [3.05, 3.63) is 335 Å². The molecule has 3 aliphatic rings. The molecular weight excluding hydrogens is 1740 g/mol. The molecule has 134 heavy (non-hydrogen) atoms. The van der Waals surface area contributed by atoms with Crippen LogP contribution in [0.4, 0.5) is 0 Å². The number of likely N-dealkylation sites (tertiary alicyclic amines) is 3. The van der Waals surface area contributed by atoms with Gasteiger partial charge in [-0.1, -0.05) is 224 Å². The van der Waals surface area contributed by atoms with Gasteiger partial charge in [-0.3, -0.25) is 42.9 Å². The Morgan fingerprint density at radius 1 is 0.373 bits per heavy atom. The zero-order valence-corrected chi connectivity index (χ0v) is 80.6. The van der Waals surface area contributed by atoms with Crippen molar-refractivity contribution in [2.24, 2.45) is 5.73 Å². The Kier molecular flexibility index (Phi) is 35.6. The van der Waals surface area contributed by atoms with E-state index in [1.807, 2.05) is 235 Å². The van der Waals surface area contributed by atoms with Crippen LogP contribution in [0.15, 0.2) is 285 Å². The molecule has 14 aromatic carbocycles. The molecule has 17 rings (SSSR count). The number of rotatable bonds is 16. The van der Waals surface area contributed by atoms with E-state index in [1.54, 1.807) is 96.7 Å². The summed E-state index contributed by atoms with van der Waals surface area (Å²) in [5.41, 5.74) is 5.40. The normalized spacial score (nSPS) is 13.9. The summed E-state index contributed by atoms with van der Waals surface area (Å²) in [6.07, 6.45) is 4.40. The fraction of sp³-hybridized carbons (Fsp3) is 0.245. The largest absolute Gasteiger partial charge is 1.00 e. The molecule has 3 saturated heterocycles. The summed E-state index contributed by atoms with van der Waals surface area (Å²) in [5.74, 6) is -3.47. The summed E-state index contributed by atoms with van der Waals surface area (Å²) in [7, 11) is 3.17. The first-order valence-corrected chi connectivity index (χ1v) is 48.3. The van der Waals surface area contributed by atoms with Gasteiger partial charge in [0.2, 0.25) is 5.97 Å². The topological polar surface area (TPSA) is 327 Å².